The maximum absolute atomic E-state index is 12.8. The van der Waals surface area contributed by atoms with Crippen LogP contribution in [-0.2, 0) is 9.93 Å². The molecule has 1 saturated carbocycles. The molecule has 1 fully saturated rings. The van der Waals surface area contributed by atoms with Crippen LogP contribution in [0, 0.1) is 13.8 Å². The number of hydrogen-bond acceptors (Lipinski definition) is 4. The van der Waals surface area contributed by atoms with Gasteiger partial charge in [-0.15, -0.1) is 11.3 Å². The molecule has 0 aromatic carbocycles. The molecule has 0 N–H and O–H groups in total. The maximum atomic E-state index is 12.8. The first kappa shape index (κ1) is 11.0. The summed E-state index contributed by atoms with van der Waals surface area (Å²) < 4.78 is 13.8. The topological polar surface area (TPSA) is 42.3 Å². The molecule has 0 spiro atoms. The Labute approximate surface area is 95.1 Å². The second-order valence-electron chi connectivity index (χ2n) is 3.94. The lowest BCUT2D eigenvalue weighted by Gasteiger charge is -2.16. The first-order valence-electron chi connectivity index (χ1n) is 5.05. The van der Waals surface area contributed by atoms with Crippen LogP contribution in [-0.4, -0.2) is 27.0 Å². The third-order valence-electron chi connectivity index (χ3n) is 2.57. The van der Waals surface area contributed by atoms with Crippen molar-refractivity contribution in [2.24, 2.45) is 4.99 Å². The van der Waals surface area contributed by atoms with E-state index in [1.807, 2.05) is 13.8 Å². The van der Waals surface area contributed by atoms with Crippen molar-refractivity contribution in [3.63, 3.8) is 0 Å². The Balaban J connectivity index is 2.49. The minimum atomic E-state index is -2.38. The Kier molecular flexibility index (Phi) is 2.77. The monoisotopic (exact) mass is 244 g/mol. The first-order valence-corrected chi connectivity index (χ1v) is 7.71. The van der Waals surface area contributed by atoms with Crippen molar-refractivity contribution in [3.05, 3.63) is 10.7 Å². The zero-order valence-electron chi connectivity index (χ0n) is 9.23. The number of thiazole rings is 1. The highest BCUT2D eigenvalue weighted by molar-refractivity contribution is 8.17. The second-order valence-corrected chi connectivity index (χ2v) is 8.27. The van der Waals surface area contributed by atoms with Crippen LogP contribution in [0.1, 0.15) is 23.5 Å². The molecule has 0 saturated heterocycles. The molecule has 0 atom stereocenters. The summed E-state index contributed by atoms with van der Waals surface area (Å²) in [6.07, 6.45) is 2.14. The Morgan fingerprint density at radius 2 is 2.20 bits per heavy atom. The van der Waals surface area contributed by atoms with Gasteiger partial charge in [-0.25, -0.2) is 4.98 Å². The van der Waals surface area contributed by atoms with E-state index in [4.69, 9.17) is 0 Å². The fourth-order valence-electron chi connectivity index (χ4n) is 1.79. The summed E-state index contributed by atoms with van der Waals surface area (Å²) in [7, 11) is -0.692. The van der Waals surface area contributed by atoms with Gasteiger partial charge in [-0.3, -0.25) is 9.20 Å². The van der Waals surface area contributed by atoms with Gasteiger partial charge in [0.1, 0.15) is 0 Å². The van der Waals surface area contributed by atoms with Gasteiger partial charge in [-0.05, 0) is 36.6 Å². The molecule has 1 aliphatic carbocycles. The molecule has 1 aromatic heterocycles. The van der Waals surface area contributed by atoms with E-state index in [-0.39, 0.29) is 0 Å². The molecule has 15 heavy (non-hydrogen) atoms. The fraction of sp³-hybridized carbons (Fsp3) is 0.600. The number of aryl methyl sites for hydroxylation is 2. The second kappa shape index (κ2) is 3.79. The number of nitrogens with zero attached hydrogens (tertiary/aromatic N) is 2. The molecule has 5 heteroatoms. The summed E-state index contributed by atoms with van der Waals surface area (Å²) in [6.45, 7) is 3.90. The minimum Gasteiger partial charge on any atom is -0.289 e. The van der Waals surface area contributed by atoms with Gasteiger partial charge in [-0.2, -0.15) is 0 Å². The molecule has 0 bridgehead atoms. The van der Waals surface area contributed by atoms with E-state index >= 15 is 0 Å². The number of aliphatic imine (C=N–C) groups is 1. The molecule has 1 heterocycles. The Bertz CT molecular complexity index is 446. The standard InChI is InChI=1S/C10H16N2OS2/c1-7-10(14-8(2)12-7)15(13,6-11-3)9-4-5-9/h6,9,15H,4-5H2,1-3H3/b11-6-. The van der Waals surface area contributed by atoms with E-state index in [0.717, 1.165) is 27.8 Å². The number of aromatic nitrogens is 1. The van der Waals surface area contributed by atoms with Gasteiger partial charge in [0.15, 0.2) is 0 Å². The molecule has 3 nitrogen and oxygen atoms in total. The van der Waals surface area contributed by atoms with E-state index < -0.39 is 9.93 Å². The van der Waals surface area contributed by atoms with Gasteiger partial charge in [0.2, 0.25) is 0 Å². The van der Waals surface area contributed by atoms with Crippen LogP contribution in [0.4, 0.5) is 0 Å². The lowest BCUT2D eigenvalue weighted by molar-refractivity contribution is 0.678. The highest BCUT2D eigenvalue weighted by atomic mass is 32.3. The molecule has 84 valence electrons. The molecule has 2 rings (SSSR count). The minimum absolute atomic E-state index is 0.333. The van der Waals surface area contributed by atoms with Gasteiger partial charge in [-0.1, -0.05) is 0 Å². The Morgan fingerprint density at radius 3 is 2.60 bits per heavy atom. The number of thiol groups is 1. The first-order chi connectivity index (χ1) is 7.08. The summed E-state index contributed by atoms with van der Waals surface area (Å²) in [5, 5.41) is 1.33. The molecule has 0 unspecified atom stereocenters. The van der Waals surface area contributed by atoms with Gasteiger partial charge in [0.05, 0.1) is 20.5 Å². The van der Waals surface area contributed by atoms with E-state index in [0.29, 0.717) is 5.25 Å². The van der Waals surface area contributed by atoms with Crippen molar-refractivity contribution >= 4 is 26.8 Å². The quantitative estimate of drug-likeness (QED) is 0.502. The van der Waals surface area contributed by atoms with E-state index in [2.05, 4.69) is 9.98 Å². The summed E-state index contributed by atoms with van der Waals surface area (Å²) in [4.78, 5) is 8.34. The Hall–Kier alpha value is -0.550. The van der Waals surface area contributed by atoms with Crippen molar-refractivity contribution < 1.29 is 4.21 Å². The lowest BCUT2D eigenvalue weighted by Crippen LogP contribution is -2.19. The van der Waals surface area contributed by atoms with Crippen LogP contribution in [0.3, 0.4) is 0 Å². The van der Waals surface area contributed by atoms with Crippen LogP contribution in [0.25, 0.3) is 0 Å². The van der Waals surface area contributed by atoms with Gasteiger partial charge in [0, 0.05) is 12.3 Å². The third-order valence-corrected chi connectivity index (χ3v) is 7.71. The van der Waals surface area contributed by atoms with Crippen LogP contribution in [0.2, 0.25) is 0 Å². The summed E-state index contributed by atoms with van der Waals surface area (Å²) >= 11 is 1.56. The summed E-state index contributed by atoms with van der Waals surface area (Å²) in [5.41, 5.74) is 2.59. The number of rotatable bonds is 3. The van der Waals surface area contributed by atoms with Crippen LogP contribution in [0.5, 0.6) is 0 Å². The van der Waals surface area contributed by atoms with Gasteiger partial charge in [0.25, 0.3) is 0 Å². The van der Waals surface area contributed by atoms with Gasteiger partial charge >= 0.3 is 0 Å². The fourth-order valence-corrected chi connectivity index (χ4v) is 6.44. The number of hydrogen-bond donors (Lipinski definition) is 1. The summed E-state index contributed by atoms with van der Waals surface area (Å²) in [6, 6.07) is 0. The highest BCUT2D eigenvalue weighted by Gasteiger charge is 2.38. The smallest absolute Gasteiger partial charge is 0.0952 e. The predicted octanol–water partition coefficient (Wildman–Crippen LogP) is 1.96. The van der Waals surface area contributed by atoms with Crippen LogP contribution >= 0.6 is 11.3 Å². The molecule has 0 radical (unpaired) electrons. The normalized spacial score (nSPS) is 18.6. The van der Waals surface area contributed by atoms with Crippen molar-refractivity contribution in [1.29, 1.82) is 0 Å². The average Bonchev–Trinajstić information content (AvgIpc) is 2.93. The summed E-state index contributed by atoms with van der Waals surface area (Å²) in [5.74, 6) is 0. The zero-order chi connectivity index (χ0) is 11.1. The van der Waals surface area contributed by atoms with Crippen molar-refractivity contribution in [1.82, 2.24) is 4.98 Å². The Morgan fingerprint density at radius 1 is 1.53 bits per heavy atom. The van der Waals surface area contributed by atoms with Crippen LogP contribution < -0.4 is 0 Å². The third kappa shape index (κ3) is 1.90. The maximum Gasteiger partial charge on any atom is 0.0952 e. The zero-order valence-corrected chi connectivity index (χ0v) is 10.9. The average molecular weight is 244 g/mol. The predicted molar refractivity (Wildman–Crippen MR) is 66.8 cm³/mol. The molecular weight excluding hydrogens is 228 g/mol. The highest BCUT2D eigenvalue weighted by Crippen LogP contribution is 2.41. The van der Waals surface area contributed by atoms with Gasteiger partial charge < -0.3 is 0 Å². The van der Waals surface area contributed by atoms with Crippen molar-refractivity contribution in [3.8, 4) is 0 Å². The molecule has 1 aliphatic rings. The largest absolute Gasteiger partial charge is 0.289 e. The lowest BCUT2D eigenvalue weighted by atomic mass is 10.6. The van der Waals surface area contributed by atoms with Crippen molar-refractivity contribution in [2.75, 3.05) is 7.05 Å². The molecule has 1 aromatic rings. The van der Waals surface area contributed by atoms with E-state index in [1.54, 1.807) is 23.9 Å². The molecule has 0 aliphatic heterocycles. The van der Waals surface area contributed by atoms with E-state index in [1.165, 1.54) is 0 Å². The molecular formula is C10H16N2OS2. The van der Waals surface area contributed by atoms with E-state index in [9.17, 15) is 4.21 Å². The van der Waals surface area contributed by atoms with Crippen LogP contribution in [0.15, 0.2) is 9.20 Å². The SMILES string of the molecule is C/N=C\[SH](=O)(c1sc(C)nc1C)C1CC1. The van der Waals surface area contributed by atoms with Crippen molar-refractivity contribution in [2.45, 2.75) is 36.1 Å². The molecule has 0 amide bonds.